The SMILES string of the molecule is Cc1ccc(NC(=O)CCN2C(=S)N[C@H](c3ccccn3)[C@@H]2c2ccc(Sc3ccccc3)o2)cc1. The summed E-state index contributed by atoms with van der Waals surface area (Å²) in [6.07, 6.45) is 2.06. The number of aryl methyl sites for hydroxylation is 1. The van der Waals surface area contributed by atoms with Crippen LogP contribution in [-0.4, -0.2) is 27.4 Å². The zero-order valence-electron chi connectivity index (χ0n) is 19.8. The third kappa shape index (κ3) is 5.61. The Morgan fingerprint density at radius 2 is 1.83 bits per heavy atom. The first-order valence-electron chi connectivity index (χ1n) is 11.7. The summed E-state index contributed by atoms with van der Waals surface area (Å²) in [4.78, 5) is 20.4. The number of hydrogen-bond acceptors (Lipinski definition) is 5. The van der Waals surface area contributed by atoms with Gasteiger partial charge in [0.25, 0.3) is 0 Å². The molecule has 1 aliphatic rings. The molecule has 3 heterocycles. The first-order valence-corrected chi connectivity index (χ1v) is 13.0. The van der Waals surface area contributed by atoms with E-state index < -0.39 is 0 Å². The summed E-state index contributed by atoms with van der Waals surface area (Å²) in [5.74, 6) is 0.705. The molecular weight excluding hydrogens is 488 g/mol. The summed E-state index contributed by atoms with van der Waals surface area (Å²) in [5.41, 5.74) is 2.79. The predicted molar refractivity (Wildman–Crippen MR) is 146 cm³/mol. The fraction of sp³-hybridized carbons (Fsp3) is 0.179. The van der Waals surface area contributed by atoms with Gasteiger partial charge in [0.15, 0.2) is 10.2 Å². The number of anilines is 1. The number of amides is 1. The number of aromatic nitrogens is 1. The molecule has 1 fully saturated rings. The highest BCUT2D eigenvalue weighted by Gasteiger charge is 2.41. The number of furan rings is 1. The monoisotopic (exact) mass is 514 g/mol. The third-order valence-electron chi connectivity index (χ3n) is 5.97. The zero-order chi connectivity index (χ0) is 24.9. The molecule has 182 valence electrons. The molecular formula is C28H26N4O2S2. The molecule has 0 aliphatic carbocycles. The van der Waals surface area contributed by atoms with Crippen LogP contribution in [0, 0.1) is 6.92 Å². The molecule has 0 saturated carbocycles. The van der Waals surface area contributed by atoms with Crippen LogP contribution in [0.1, 0.15) is 35.5 Å². The van der Waals surface area contributed by atoms with Crippen LogP contribution in [0.5, 0.6) is 0 Å². The van der Waals surface area contributed by atoms with E-state index in [0.29, 0.717) is 11.7 Å². The number of hydrogen-bond donors (Lipinski definition) is 2. The molecule has 2 aromatic heterocycles. The molecule has 5 rings (SSSR count). The van der Waals surface area contributed by atoms with E-state index in [4.69, 9.17) is 16.6 Å². The normalized spacial score (nSPS) is 17.1. The van der Waals surface area contributed by atoms with Crippen molar-refractivity contribution in [2.75, 3.05) is 11.9 Å². The number of pyridine rings is 1. The van der Waals surface area contributed by atoms with Gasteiger partial charge in [-0.1, -0.05) is 53.7 Å². The summed E-state index contributed by atoms with van der Waals surface area (Å²) in [5, 5.41) is 7.75. The molecule has 0 unspecified atom stereocenters. The number of carbonyl (C=O) groups excluding carboxylic acids is 1. The van der Waals surface area contributed by atoms with Gasteiger partial charge in [0.1, 0.15) is 11.8 Å². The second-order valence-corrected chi connectivity index (χ2v) is 10.0. The smallest absolute Gasteiger partial charge is 0.226 e. The molecule has 0 bridgehead atoms. The number of benzene rings is 2. The Hall–Kier alpha value is -3.62. The quantitative estimate of drug-likeness (QED) is 0.274. The minimum atomic E-state index is -0.232. The highest BCUT2D eigenvalue weighted by molar-refractivity contribution is 7.99. The van der Waals surface area contributed by atoms with Crippen molar-refractivity contribution >= 4 is 40.7 Å². The first-order chi connectivity index (χ1) is 17.6. The highest BCUT2D eigenvalue weighted by Crippen LogP contribution is 2.41. The minimum absolute atomic E-state index is 0.0681. The maximum absolute atomic E-state index is 12.7. The van der Waals surface area contributed by atoms with Gasteiger partial charge in [-0.2, -0.15) is 0 Å². The van der Waals surface area contributed by atoms with Crippen molar-refractivity contribution in [1.29, 1.82) is 0 Å². The van der Waals surface area contributed by atoms with Crippen molar-refractivity contribution in [3.63, 3.8) is 0 Å². The standard InChI is InChI=1S/C28H26N4O2S2/c1-19-10-12-20(13-11-19)30-24(33)16-18-32-27(26(31-28(32)35)22-9-5-6-17-29-22)23-14-15-25(34-23)36-21-7-3-2-4-8-21/h2-15,17,26-27H,16,18H2,1H3,(H,30,33)(H,31,35)/t26-,27+/m1/s1. The maximum atomic E-state index is 12.7. The fourth-order valence-electron chi connectivity index (χ4n) is 4.19. The lowest BCUT2D eigenvalue weighted by Crippen LogP contribution is -2.32. The first kappa shape index (κ1) is 24.1. The van der Waals surface area contributed by atoms with Crippen LogP contribution < -0.4 is 10.6 Å². The van der Waals surface area contributed by atoms with Crippen molar-refractivity contribution in [2.45, 2.75) is 35.4 Å². The second-order valence-electron chi connectivity index (χ2n) is 8.56. The maximum Gasteiger partial charge on any atom is 0.226 e. The molecule has 2 aromatic carbocycles. The molecule has 1 aliphatic heterocycles. The lowest BCUT2D eigenvalue weighted by molar-refractivity contribution is -0.116. The van der Waals surface area contributed by atoms with Crippen LogP contribution in [0.15, 0.2) is 106 Å². The third-order valence-corrected chi connectivity index (χ3v) is 7.25. The summed E-state index contributed by atoms with van der Waals surface area (Å²) < 4.78 is 6.31. The summed E-state index contributed by atoms with van der Waals surface area (Å²) in [6, 6.07) is 27.2. The molecule has 1 amide bonds. The molecule has 2 atom stereocenters. The molecule has 4 aromatic rings. The molecule has 6 nitrogen and oxygen atoms in total. The molecule has 36 heavy (non-hydrogen) atoms. The van der Waals surface area contributed by atoms with Gasteiger partial charge < -0.3 is 20.0 Å². The van der Waals surface area contributed by atoms with E-state index >= 15 is 0 Å². The Labute approximate surface area is 220 Å². The largest absolute Gasteiger partial charge is 0.452 e. The van der Waals surface area contributed by atoms with Crippen LogP contribution in [0.3, 0.4) is 0 Å². The number of nitrogens with zero attached hydrogens (tertiary/aromatic N) is 2. The van der Waals surface area contributed by atoms with Gasteiger partial charge in [0, 0.05) is 29.7 Å². The van der Waals surface area contributed by atoms with Crippen molar-refractivity contribution in [3.05, 3.63) is 108 Å². The van der Waals surface area contributed by atoms with Crippen LogP contribution in [0.2, 0.25) is 0 Å². The highest BCUT2D eigenvalue weighted by atomic mass is 32.2. The minimum Gasteiger partial charge on any atom is -0.452 e. The van der Waals surface area contributed by atoms with Gasteiger partial charge in [-0.15, -0.1) is 0 Å². The van der Waals surface area contributed by atoms with Gasteiger partial charge in [-0.25, -0.2) is 0 Å². The Bertz CT molecular complexity index is 1330. The average molecular weight is 515 g/mol. The Morgan fingerprint density at radius 3 is 2.58 bits per heavy atom. The fourth-order valence-corrected chi connectivity index (χ4v) is 5.32. The van der Waals surface area contributed by atoms with Crippen molar-refractivity contribution < 1.29 is 9.21 Å². The number of rotatable bonds is 8. The molecule has 0 radical (unpaired) electrons. The second kappa shape index (κ2) is 11.0. The van der Waals surface area contributed by atoms with Gasteiger partial charge in [0.2, 0.25) is 5.91 Å². The van der Waals surface area contributed by atoms with Crippen LogP contribution in [0.4, 0.5) is 5.69 Å². The lowest BCUT2D eigenvalue weighted by atomic mass is 10.0. The summed E-state index contributed by atoms with van der Waals surface area (Å²) >= 11 is 7.28. The lowest BCUT2D eigenvalue weighted by Gasteiger charge is -2.25. The van der Waals surface area contributed by atoms with E-state index in [9.17, 15) is 4.79 Å². The Balaban J connectivity index is 1.35. The van der Waals surface area contributed by atoms with E-state index in [0.717, 1.165) is 32.7 Å². The van der Waals surface area contributed by atoms with Gasteiger partial charge in [-0.05, 0) is 67.7 Å². The molecule has 1 saturated heterocycles. The number of nitrogens with one attached hydrogen (secondary N) is 2. The number of thiocarbonyl (C=S) groups is 1. The van der Waals surface area contributed by atoms with Crippen molar-refractivity contribution in [2.24, 2.45) is 0 Å². The molecule has 0 spiro atoms. The number of carbonyl (C=O) groups is 1. The van der Waals surface area contributed by atoms with Crippen molar-refractivity contribution in [3.8, 4) is 0 Å². The molecule has 8 heteroatoms. The Kier molecular flexibility index (Phi) is 7.34. The topological polar surface area (TPSA) is 70.4 Å². The van der Waals surface area contributed by atoms with E-state index in [1.807, 2.05) is 84.6 Å². The van der Waals surface area contributed by atoms with E-state index in [1.54, 1.807) is 18.0 Å². The van der Waals surface area contributed by atoms with Crippen LogP contribution >= 0.6 is 24.0 Å². The predicted octanol–water partition coefficient (Wildman–Crippen LogP) is 6.14. The van der Waals surface area contributed by atoms with Gasteiger partial charge in [0.05, 0.1) is 11.7 Å². The van der Waals surface area contributed by atoms with E-state index in [-0.39, 0.29) is 24.4 Å². The van der Waals surface area contributed by atoms with Crippen molar-refractivity contribution in [1.82, 2.24) is 15.2 Å². The summed E-state index contributed by atoms with van der Waals surface area (Å²) in [6.45, 7) is 2.46. The van der Waals surface area contributed by atoms with Crippen LogP contribution in [0.25, 0.3) is 0 Å². The van der Waals surface area contributed by atoms with E-state index in [2.05, 4.69) is 27.8 Å². The van der Waals surface area contributed by atoms with Gasteiger partial charge >= 0.3 is 0 Å². The average Bonchev–Trinajstić information content (AvgIpc) is 3.49. The molecule has 2 N–H and O–H groups in total. The van der Waals surface area contributed by atoms with Crippen LogP contribution in [-0.2, 0) is 4.79 Å². The zero-order valence-corrected chi connectivity index (χ0v) is 21.4. The summed E-state index contributed by atoms with van der Waals surface area (Å²) in [7, 11) is 0. The van der Waals surface area contributed by atoms with E-state index in [1.165, 1.54) is 0 Å². The Morgan fingerprint density at radius 1 is 1.06 bits per heavy atom. The van der Waals surface area contributed by atoms with Gasteiger partial charge in [-0.3, -0.25) is 9.78 Å².